The fourth-order valence-corrected chi connectivity index (χ4v) is 2.79. The van der Waals surface area contributed by atoms with Gasteiger partial charge in [0.25, 0.3) is 5.91 Å². The molecule has 3 rings (SSSR count). The number of ether oxygens (including phenoxy) is 1. The summed E-state index contributed by atoms with van der Waals surface area (Å²) in [5.41, 5.74) is 4.56. The average Bonchev–Trinajstić information content (AvgIpc) is 2.68. The van der Waals surface area contributed by atoms with Crippen molar-refractivity contribution in [3.05, 3.63) is 99.8 Å². The van der Waals surface area contributed by atoms with Crippen molar-refractivity contribution in [2.45, 2.75) is 6.61 Å². The summed E-state index contributed by atoms with van der Waals surface area (Å²) >= 11 is 3.34. The van der Waals surface area contributed by atoms with Crippen LogP contribution in [0.5, 0.6) is 5.75 Å². The highest BCUT2D eigenvalue weighted by Crippen LogP contribution is 2.18. The minimum atomic E-state index is -0.316. The second-order valence-corrected chi connectivity index (χ2v) is 6.49. The van der Waals surface area contributed by atoms with Gasteiger partial charge in [0.15, 0.2) is 0 Å². The van der Waals surface area contributed by atoms with Gasteiger partial charge in [0.1, 0.15) is 18.2 Å². The Hall–Kier alpha value is -2.99. The lowest BCUT2D eigenvalue weighted by Gasteiger charge is -2.09. The molecule has 0 radical (unpaired) electrons. The maximum atomic E-state index is 13.0. The van der Waals surface area contributed by atoms with Crippen molar-refractivity contribution in [2.24, 2.45) is 5.10 Å². The van der Waals surface area contributed by atoms with Gasteiger partial charge in [-0.2, -0.15) is 5.10 Å². The van der Waals surface area contributed by atoms with E-state index in [1.807, 2.05) is 24.3 Å². The van der Waals surface area contributed by atoms with Crippen LogP contribution < -0.4 is 10.2 Å². The van der Waals surface area contributed by atoms with Crippen LogP contribution in [0.15, 0.2) is 82.4 Å². The third-order valence-corrected chi connectivity index (χ3v) is 4.41. The van der Waals surface area contributed by atoms with Crippen LogP contribution in [0, 0.1) is 5.82 Å². The first-order valence-corrected chi connectivity index (χ1v) is 8.97. The molecule has 0 atom stereocenters. The van der Waals surface area contributed by atoms with Crippen molar-refractivity contribution in [1.82, 2.24) is 5.43 Å². The number of carbonyl (C=O) groups is 1. The van der Waals surface area contributed by atoms with Crippen LogP contribution >= 0.6 is 15.9 Å². The van der Waals surface area contributed by atoms with E-state index < -0.39 is 0 Å². The van der Waals surface area contributed by atoms with E-state index in [0.717, 1.165) is 5.56 Å². The number of hydrogen-bond acceptors (Lipinski definition) is 3. The molecule has 3 aromatic carbocycles. The molecule has 0 fully saturated rings. The van der Waals surface area contributed by atoms with Crippen LogP contribution in [-0.4, -0.2) is 12.1 Å². The Morgan fingerprint density at radius 3 is 2.52 bits per heavy atom. The van der Waals surface area contributed by atoms with Crippen LogP contribution in [0.2, 0.25) is 0 Å². The van der Waals surface area contributed by atoms with E-state index in [-0.39, 0.29) is 11.7 Å². The second kappa shape index (κ2) is 9.09. The van der Waals surface area contributed by atoms with Gasteiger partial charge in [-0.3, -0.25) is 4.79 Å². The van der Waals surface area contributed by atoms with Gasteiger partial charge in [0.05, 0.1) is 11.8 Å². The number of amides is 1. The molecule has 0 aliphatic rings. The summed E-state index contributed by atoms with van der Waals surface area (Å²) in [5, 5.41) is 4.01. The molecule has 0 aromatic heterocycles. The molecule has 1 N–H and O–H groups in total. The Labute approximate surface area is 164 Å². The summed E-state index contributed by atoms with van der Waals surface area (Å²) in [6.45, 7) is 0.300. The number of halogens is 2. The third-order valence-electron chi connectivity index (χ3n) is 3.71. The molecule has 0 saturated heterocycles. The van der Waals surface area contributed by atoms with E-state index in [0.29, 0.717) is 28.0 Å². The number of rotatable bonds is 6. The fraction of sp³-hybridized carbons (Fsp3) is 0.0476. The molecule has 4 nitrogen and oxygen atoms in total. The van der Waals surface area contributed by atoms with Crippen LogP contribution in [0.4, 0.5) is 4.39 Å². The van der Waals surface area contributed by atoms with Gasteiger partial charge >= 0.3 is 0 Å². The summed E-state index contributed by atoms with van der Waals surface area (Å²) in [4.78, 5) is 12.2. The Morgan fingerprint density at radius 2 is 1.74 bits per heavy atom. The van der Waals surface area contributed by atoms with Gasteiger partial charge in [-0.25, -0.2) is 9.82 Å². The molecular weight excluding hydrogens is 411 g/mol. The maximum absolute atomic E-state index is 13.0. The summed E-state index contributed by atoms with van der Waals surface area (Å²) in [6, 6.07) is 20.6. The highest BCUT2D eigenvalue weighted by Gasteiger charge is 2.08. The zero-order valence-electron chi connectivity index (χ0n) is 14.2. The van der Waals surface area contributed by atoms with E-state index in [4.69, 9.17) is 4.74 Å². The van der Waals surface area contributed by atoms with Gasteiger partial charge in [-0.1, -0.05) is 36.4 Å². The van der Waals surface area contributed by atoms with Crippen LogP contribution in [0.1, 0.15) is 21.5 Å². The van der Waals surface area contributed by atoms with E-state index in [2.05, 4.69) is 26.5 Å². The van der Waals surface area contributed by atoms with Crippen LogP contribution in [0.3, 0.4) is 0 Å². The SMILES string of the molecule is O=C(N/N=C/c1ccccc1OCc1ccc(F)cc1)c1ccccc1Br. The number of hydrazone groups is 1. The minimum absolute atomic E-state index is 0.285. The quantitative estimate of drug-likeness (QED) is 0.448. The van der Waals surface area contributed by atoms with Gasteiger partial charge in [0, 0.05) is 10.0 Å². The summed E-state index contributed by atoms with van der Waals surface area (Å²) in [5.74, 6) is 0.0104. The molecule has 0 spiro atoms. The van der Waals surface area contributed by atoms with Gasteiger partial charge in [0.2, 0.25) is 0 Å². The lowest BCUT2D eigenvalue weighted by molar-refractivity contribution is 0.0954. The molecular formula is C21H16BrFN2O2. The molecule has 27 heavy (non-hydrogen) atoms. The molecule has 0 saturated carbocycles. The largest absolute Gasteiger partial charge is 0.488 e. The third kappa shape index (κ3) is 5.24. The zero-order chi connectivity index (χ0) is 19.1. The monoisotopic (exact) mass is 426 g/mol. The highest BCUT2D eigenvalue weighted by molar-refractivity contribution is 9.10. The van der Waals surface area contributed by atoms with Crippen molar-refractivity contribution in [3.63, 3.8) is 0 Å². The van der Waals surface area contributed by atoms with E-state index >= 15 is 0 Å². The molecule has 0 bridgehead atoms. The summed E-state index contributed by atoms with van der Waals surface area (Å²) < 4.78 is 19.5. The number of nitrogens with zero attached hydrogens (tertiary/aromatic N) is 1. The van der Waals surface area contributed by atoms with Gasteiger partial charge < -0.3 is 4.74 Å². The fourth-order valence-electron chi connectivity index (χ4n) is 2.33. The van der Waals surface area contributed by atoms with E-state index in [1.54, 1.807) is 36.4 Å². The Bertz CT molecular complexity index is 958. The number of para-hydroxylation sites is 1. The average molecular weight is 427 g/mol. The lowest BCUT2D eigenvalue weighted by atomic mass is 10.2. The first kappa shape index (κ1) is 18.8. The molecule has 3 aromatic rings. The van der Waals surface area contributed by atoms with Gasteiger partial charge in [-0.15, -0.1) is 0 Å². The predicted molar refractivity (Wildman–Crippen MR) is 106 cm³/mol. The van der Waals surface area contributed by atoms with Crippen molar-refractivity contribution < 1.29 is 13.9 Å². The Morgan fingerprint density at radius 1 is 1.04 bits per heavy atom. The Kier molecular flexibility index (Phi) is 6.33. The minimum Gasteiger partial charge on any atom is -0.488 e. The normalized spacial score (nSPS) is 10.7. The molecule has 0 heterocycles. The molecule has 0 aliphatic heterocycles. The number of carbonyl (C=O) groups excluding carboxylic acids is 1. The predicted octanol–water partition coefficient (Wildman–Crippen LogP) is 4.93. The lowest BCUT2D eigenvalue weighted by Crippen LogP contribution is -2.18. The molecule has 1 amide bonds. The summed E-state index contributed by atoms with van der Waals surface area (Å²) in [7, 11) is 0. The van der Waals surface area contributed by atoms with Crippen LogP contribution in [0.25, 0.3) is 0 Å². The first-order valence-electron chi connectivity index (χ1n) is 8.17. The molecule has 0 unspecified atom stereocenters. The van der Waals surface area contributed by atoms with Gasteiger partial charge in [-0.05, 0) is 57.9 Å². The molecule has 6 heteroatoms. The van der Waals surface area contributed by atoms with Crippen molar-refractivity contribution >= 4 is 28.1 Å². The number of nitrogens with one attached hydrogen (secondary N) is 1. The standard InChI is InChI=1S/C21H16BrFN2O2/c22-19-7-3-2-6-18(19)21(26)25-24-13-16-5-1-4-8-20(16)27-14-15-9-11-17(23)12-10-15/h1-13H,14H2,(H,25,26)/b24-13+. The van der Waals surface area contributed by atoms with Crippen molar-refractivity contribution in [2.75, 3.05) is 0 Å². The molecule has 136 valence electrons. The van der Waals surface area contributed by atoms with Crippen LogP contribution in [-0.2, 0) is 6.61 Å². The summed E-state index contributed by atoms with van der Waals surface area (Å²) in [6.07, 6.45) is 1.52. The topological polar surface area (TPSA) is 50.7 Å². The first-order chi connectivity index (χ1) is 13.1. The maximum Gasteiger partial charge on any atom is 0.272 e. The number of hydrogen-bond donors (Lipinski definition) is 1. The van der Waals surface area contributed by atoms with E-state index in [9.17, 15) is 9.18 Å². The Balaban J connectivity index is 1.65. The van der Waals surface area contributed by atoms with Crippen molar-refractivity contribution in [3.8, 4) is 5.75 Å². The highest BCUT2D eigenvalue weighted by atomic mass is 79.9. The second-order valence-electron chi connectivity index (χ2n) is 5.63. The zero-order valence-corrected chi connectivity index (χ0v) is 15.8. The smallest absolute Gasteiger partial charge is 0.272 e. The van der Waals surface area contributed by atoms with Crippen molar-refractivity contribution in [1.29, 1.82) is 0 Å². The molecule has 0 aliphatic carbocycles. The number of benzene rings is 3. The van der Waals surface area contributed by atoms with E-state index in [1.165, 1.54) is 18.3 Å².